The van der Waals surface area contributed by atoms with Crippen molar-refractivity contribution in [1.82, 2.24) is 5.32 Å². The average Bonchev–Trinajstić information content (AvgIpc) is 2.34. The number of carbonyl (C=O) groups is 1. The predicted octanol–water partition coefficient (Wildman–Crippen LogP) is 2.26. The van der Waals surface area contributed by atoms with E-state index in [1.54, 1.807) is 25.1 Å². The predicted molar refractivity (Wildman–Crippen MR) is 71.3 cm³/mol. The van der Waals surface area contributed by atoms with Crippen molar-refractivity contribution in [3.05, 3.63) is 28.2 Å². The molecule has 0 aromatic heterocycles. The molecule has 0 fully saturated rings. The van der Waals surface area contributed by atoms with Crippen LogP contribution in [0.3, 0.4) is 0 Å². The molecular weight excluding hydrogens is 277 g/mol. The van der Waals surface area contributed by atoms with E-state index in [1.807, 2.05) is 0 Å². The lowest BCUT2D eigenvalue weighted by molar-refractivity contribution is -0.122. The number of benzene rings is 1. The number of rotatable bonds is 6. The number of carbonyl (C=O) groups excluding carboxylic acids is 1. The lowest BCUT2D eigenvalue weighted by Gasteiger charge is -2.12. The largest absolute Gasteiger partial charge is 0.491 e. The third-order valence-electron chi connectivity index (χ3n) is 2.18. The zero-order valence-electron chi connectivity index (χ0n) is 9.95. The van der Waals surface area contributed by atoms with Crippen molar-refractivity contribution in [3.8, 4) is 5.75 Å². The molecule has 0 aliphatic carbocycles. The molecule has 4 nitrogen and oxygen atoms in total. The molecule has 1 aromatic carbocycles. The Labute approximate surface area is 116 Å². The average molecular weight is 292 g/mol. The van der Waals surface area contributed by atoms with Crippen LogP contribution < -0.4 is 10.1 Å². The Morgan fingerprint density at radius 3 is 2.89 bits per heavy atom. The fraction of sp³-hybridized carbons (Fsp3) is 0.417. The highest BCUT2D eigenvalue weighted by Gasteiger charge is 2.08. The van der Waals surface area contributed by atoms with Crippen LogP contribution >= 0.6 is 23.2 Å². The second-order valence-corrected chi connectivity index (χ2v) is 4.59. The summed E-state index contributed by atoms with van der Waals surface area (Å²) in [5.41, 5.74) is 0. The summed E-state index contributed by atoms with van der Waals surface area (Å²) in [7, 11) is 0. The van der Waals surface area contributed by atoms with Crippen LogP contribution in [0.4, 0.5) is 0 Å². The summed E-state index contributed by atoms with van der Waals surface area (Å²) in [6.07, 6.45) is 0.188. The first kappa shape index (κ1) is 15.1. The van der Waals surface area contributed by atoms with Crippen molar-refractivity contribution in [2.75, 3.05) is 13.2 Å². The highest BCUT2D eigenvalue weighted by molar-refractivity contribution is 6.42. The summed E-state index contributed by atoms with van der Waals surface area (Å²) in [5.74, 6) is 0.266. The number of ether oxygens (including phenoxy) is 1. The highest BCUT2D eigenvalue weighted by Crippen LogP contribution is 2.31. The molecule has 100 valence electrons. The molecule has 0 spiro atoms. The number of halogens is 2. The van der Waals surface area contributed by atoms with Gasteiger partial charge in [-0.15, -0.1) is 0 Å². The van der Waals surface area contributed by atoms with E-state index in [2.05, 4.69) is 5.32 Å². The summed E-state index contributed by atoms with van der Waals surface area (Å²) in [5, 5.41) is 12.1. The van der Waals surface area contributed by atoms with Crippen molar-refractivity contribution in [1.29, 1.82) is 0 Å². The fourth-order valence-corrected chi connectivity index (χ4v) is 1.59. The Bertz CT molecular complexity index is 412. The van der Waals surface area contributed by atoms with Gasteiger partial charge in [-0.3, -0.25) is 4.79 Å². The van der Waals surface area contributed by atoms with Crippen molar-refractivity contribution >= 4 is 29.1 Å². The van der Waals surface area contributed by atoms with Gasteiger partial charge in [-0.05, 0) is 19.1 Å². The Morgan fingerprint density at radius 2 is 2.22 bits per heavy atom. The van der Waals surface area contributed by atoms with E-state index in [9.17, 15) is 4.79 Å². The van der Waals surface area contributed by atoms with E-state index in [0.29, 0.717) is 15.8 Å². The Kier molecular flexibility index (Phi) is 6.25. The molecule has 1 atom stereocenters. The van der Waals surface area contributed by atoms with Gasteiger partial charge in [-0.25, -0.2) is 0 Å². The topological polar surface area (TPSA) is 58.6 Å². The Morgan fingerprint density at radius 1 is 1.50 bits per heavy atom. The second-order valence-electron chi connectivity index (χ2n) is 3.80. The SMILES string of the molecule is C[C@H](CO)NC(=O)CCOc1cccc(Cl)c1Cl. The number of aliphatic hydroxyl groups is 1. The van der Waals surface area contributed by atoms with Crippen LogP contribution in [0, 0.1) is 0 Å². The first-order chi connectivity index (χ1) is 8.54. The zero-order chi connectivity index (χ0) is 13.5. The van der Waals surface area contributed by atoms with E-state index in [0.717, 1.165) is 0 Å². The number of amides is 1. The normalized spacial score (nSPS) is 12.0. The molecule has 0 saturated heterocycles. The molecule has 0 aliphatic heterocycles. The van der Waals surface area contributed by atoms with Crippen LogP contribution in [0.1, 0.15) is 13.3 Å². The number of hydrogen-bond donors (Lipinski definition) is 2. The maximum Gasteiger partial charge on any atom is 0.223 e. The lowest BCUT2D eigenvalue weighted by atomic mass is 10.3. The van der Waals surface area contributed by atoms with Crippen molar-refractivity contribution in [2.45, 2.75) is 19.4 Å². The number of nitrogens with one attached hydrogen (secondary N) is 1. The maximum absolute atomic E-state index is 11.4. The molecule has 0 bridgehead atoms. The summed E-state index contributed by atoms with van der Waals surface area (Å²) in [4.78, 5) is 11.4. The van der Waals surface area contributed by atoms with Crippen LogP contribution in [-0.2, 0) is 4.79 Å². The Hall–Kier alpha value is -0.970. The van der Waals surface area contributed by atoms with Crippen molar-refractivity contribution < 1.29 is 14.6 Å². The third kappa shape index (κ3) is 4.72. The standard InChI is InChI=1S/C12H15Cl2NO3/c1-8(7-16)15-11(17)5-6-18-10-4-2-3-9(13)12(10)14/h2-4,8,16H,5-7H2,1H3,(H,15,17)/t8-/m1/s1. The number of aliphatic hydroxyl groups excluding tert-OH is 1. The van der Waals surface area contributed by atoms with Crippen LogP contribution in [0.15, 0.2) is 18.2 Å². The summed E-state index contributed by atoms with van der Waals surface area (Å²) in [6, 6.07) is 4.80. The van der Waals surface area contributed by atoms with Gasteiger partial charge in [-0.2, -0.15) is 0 Å². The summed E-state index contributed by atoms with van der Waals surface area (Å²) in [6.45, 7) is 1.82. The number of hydrogen-bond acceptors (Lipinski definition) is 3. The van der Waals surface area contributed by atoms with Gasteiger partial charge < -0.3 is 15.2 Å². The van der Waals surface area contributed by atoms with E-state index in [4.69, 9.17) is 33.0 Å². The summed E-state index contributed by atoms with van der Waals surface area (Å²) >= 11 is 11.7. The van der Waals surface area contributed by atoms with Gasteiger partial charge in [-0.1, -0.05) is 29.3 Å². The van der Waals surface area contributed by atoms with Crippen LogP contribution in [0.25, 0.3) is 0 Å². The molecule has 6 heteroatoms. The van der Waals surface area contributed by atoms with Gasteiger partial charge >= 0.3 is 0 Å². The fourth-order valence-electron chi connectivity index (χ4n) is 1.24. The van der Waals surface area contributed by atoms with Crippen molar-refractivity contribution in [2.24, 2.45) is 0 Å². The first-order valence-electron chi connectivity index (χ1n) is 5.51. The minimum atomic E-state index is -0.257. The van der Waals surface area contributed by atoms with Crippen LogP contribution in [0.5, 0.6) is 5.75 Å². The molecule has 1 rings (SSSR count). The van der Waals surface area contributed by atoms with Gasteiger partial charge in [0.25, 0.3) is 0 Å². The maximum atomic E-state index is 11.4. The first-order valence-corrected chi connectivity index (χ1v) is 6.27. The van der Waals surface area contributed by atoms with E-state index in [-0.39, 0.29) is 31.6 Å². The van der Waals surface area contributed by atoms with Crippen molar-refractivity contribution in [3.63, 3.8) is 0 Å². The highest BCUT2D eigenvalue weighted by atomic mass is 35.5. The molecule has 18 heavy (non-hydrogen) atoms. The molecule has 0 radical (unpaired) electrons. The monoisotopic (exact) mass is 291 g/mol. The van der Waals surface area contributed by atoms with Gasteiger partial charge in [0.1, 0.15) is 10.8 Å². The zero-order valence-corrected chi connectivity index (χ0v) is 11.5. The van der Waals surface area contributed by atoms with Gasteiger partial charge in [0.05, 0.1) is 24.7 Å². The van der Waals surface area contributed by atoms with E-state index in [1.165, 1.54) is 0 Å². The van der Waals surface area contributed by atoms with Crippen LogP contribution in [0.2, 0.25) is 10.0 Å². The van der Waals surface area contributed by atoms with Crippen LogP contribution in [-0.4, -0.2) is 30.3 Å². The Balaban J connectivity index is 2.38. The molecule has 1 amide bonds. The minimum absolute atomic E-state index is 0.0906. The second kappa shape index (κ2) is 7.46. The summed E-state index contributed by atoms with van der Waals surface area (Å²) < 4.78 is 5.36. The third-order valence-corrected chi connectivity index (χ3v) is 2.99. The molecular formula is C12H15Cl2NO3. The molecule has 2 N–H and O–H groups in total. The minimum Gasteiger partial charge on any atom is -0.491 e. The van der Waals surface area contributed by atoms with Gasteiger partial charge in [0.15, 0.2) is 0 Å². The molecule has 1 aromatic rings. The smallest absolute Gasteiger partial charge is 0.223 e. The quantitative estimate of drug-likeness (QED) is 0.845. The van der Waals surface area contributed by atoms with E-state index >= 15 is 0 Å². The molecule has 0 unspecified atom stereocenters. The van der Waals surface area contributed by atoms with E-state index < -0.39 is 0 Å². The lowest BCUT2D eigenvalue weighted by Crippen LogP contribution is -2.35. The van der Waals surface area contributed by atoms with Gasteiger partial charge in [0, 0.05) is 6.04 Å². The molecule has 0 aliphatic rings. The molecule has 0 heterocycles. The van der Waals surface area contributed by atoms with Gasteiger partial charge in [0.2, 0.25) is 5.91 Å². The molecule has 0 saturated carbocycles.